The summed E-state index contributed by atoms with van der Waals surface area (Å²) >= 11 is 0. The molecule has 104 valence electrons. The topological polar surface area (TPSA) is 58.4 Å². The van der Waals surface area contributed by atoms with Crippen molar-refractivity contribution < 1.29 is 13.6 Å². The van der Waals surface area contributed by atoms with E-state index in [0.29, 0.717) is 5.92 Å². The van der Waals surface area contributed by atoms with Crippen LogP contribution >= 0.6 is 0 Å². The number of hydrogen-bond acceptors (Lipinski definition) is 3. The molecule has 1 amide bonds. The fourth-order valence-electron chi connectivity index (χ4n) is 2.12. The number of carbonyl (C=O) groups excluding carboxylic acids is 1. The Hall–Kier alpha value is -1.69. The van der Waals surface area contributed by atoms with E-state index in [4.69, 9.17) is 5.84 Å². The molecule has 0 spiro atoms. The Morgan fingerprint density at radius 3 is 2.37 bits per heavy atom. The van der Waals surface area contributed by atoms with Crippen LogP contribution in [0.1, 0.15) is 30.1 Å². The summed E-state index contributed by atoms with van der Waals surface area (Å²) in [5.41, 5.74) is 1.49. The average Bonchev–Trinajstić information content (AvgIpc) is 3.20. The first-order valence-corrected chi connectivity index (χ1v) is 6.18. The molecule has 1 atom stereocenters. The number of benzene rings is 1. The van der Waals surface area contributed by atoms with Crippen LogP contribution in [0.25, 0.3) is 0 Å². The monoisotopic (exact) mass is 269 g/mol. The number of anilines is 1. The number of carbonyl (C=O) groups is 1. The zero-order valence-electron chi connectivity index (χ0n) is 10.9. The molecule has 2 rings (SSSR count). The van der Waals surface area contributed by atoms with E-state index in [-0.39, 0.29) is 17.5 Å². The van der Waals surface area contributed by atoms with E-state index in [1.54, 1.807) is 7.05 Å². The molecule has 19 heavy (non-hydrogen) atoms. The third-order valence-electron chi connectivity index (χ3n) is 3.67. The Labute approximate surface area is 110 Å². The third-order valence-corrected chi connectivity index (χ3v) is 3.67. The molecule has 6 heteroatoms. The molecule has 1 aromatic rings. The minimum atomic E-state index is -0.877. The van der Waals surface area contributed by atoms with Gasteiger partial charge in [0.2, 0.25) is 0 Å². The minimum absolute atomic E-state index is 0.0102. The second-order valence-corrected chi connectivity index (χ2v) is 4.95. The summed E-state index contributed by atoms with van der Waals surface area (Å²) in [7, 11) is 1.65. The lowest BCUT2D eigenvalue weighted by Gasteiger charge is -2.25. The molecule has 0 bridgehead atoms. The predicted octanol–water partition coefficient (Wildman–Crippen LogP) is 2.12. The maximum Gasteiger partial charge on any atom is 0.254 e. The number of nitrogen functional groups attached to an aromatic ring is 1. The van der Waals surface area contributed by atoms with Crippen LogP contribution in [0.4, 0.5) is 14.5 Å². The molecule has 3 N–H and O–H groups in total. The number of rotatable bonds is 4. The molecule has 0 radical (unpaired) electrons. The largest absolute Gasteiger partial charge is 0.339 e. The van der Waals surface area contributed by atoms with Crippen molar-refractivity contribution in [1.29, 1.82) is 0 Å². The van der Waals surface area contributed by atoms with Crippen molar-refractivity contribution >= 4 is 11.6 Å². The summed E-state index contributed by atoms with van der Waals surface area (Å²) < 4.78 is 27.1. The Morgan fingerprint density at radius 2 is 1.95 bits per heavy atom. The van der Waals surface area contributed by atoms with Gasteiger partial charge in [0.1, 0.15) is 5.69 Å². The van der Waals surface area contributed by atoms with Crippen molar-refractivity contribution in [1.82, 2.24) is 4.90 Å². The van der Waals surface area contributed by atoms with E-state index < -0.39 is 17.3 Å². The number of hydrazine groups is 1. The van der Waals surface area contributed by atoms with Crippen molar-refractivity contribution in [2.24, 2.45) is 11.8 Å². The maximum absolute atomic E-state index is 13.6. The zero-order chi connectivity index (χ0) is 14.2. The van der Waals surface area contributed by atoms with Crippen molar-refractivity contribution in [2.75, 3.05) is 12.5 Å². The quantitative estimate of drug-likeness (QED) is 0.650. The first kappa shape index (κ1) is 13.7. The van der Waals surface area contributed by atoms with Crippen LogP contribution in [-0.2, 0) is 0 Å². The van der Waals surface area contributed by atoms with Crippen molar-refractivity contribution in [3.63, 3.8) is 0 Å². The molecule has 1 aliphatic carbocycles. The maximum atomic E-state index is 13.6. The van der Waals surface area contributed by atoms with Gasteiger partial charge >= 0.3 is 0 Å². The van der Waals surface area contributed by atoms with Gasteiger partial charge in [-0.1, -0.05) is 0 Å². The van der Waals surface area contributed by atoms with Gasteiger partial charge in [0.25, 0.3) is 5.91 Å². The van der Waals surface area contributed by atoms with Crippen LogP contribution < -0.4 is 11.3 Å². The van der Waals surface area contributed by atoms with Crippen molar-refractivity contribution in [3.05, 3.63) is 29.3 Å². The highest BCUT2D eigenvalue weighted by Crippen LogP contribution is 2.35. The van der Waals surface area contributed by atoms with Crippen molar-refractivity contribution in [2.45, 2.75) is 25.8 Å². The Morgan fingerprint density at radius 1 is 1.42 bits per heavy atom. The van der Waals surface area contributed by atoms with Crippen LogP contribution in [0.3, 0.4) is 0 Å². The average molecular weight is 269 g/mol. The number of amides is 1. The predicted molar refractivity (Wildman–Crippen MR) is 68.4 cm³/mol. The van der Waals surface area contributed by atoms with E-state index in [0.717, 1.165) is 25.0 Å². The highest BCUT2D eigenvalue weighted by molar-refractivity contribution is 5.94. The van der Waals surface area contributed by atoms with E-state index in [9.17, 15) is 13.6 Å². The molecule has 4 nitrogen and oxygen atoms in total. The molecule has 1 saturated carbocycles. The van der Waals surface area contributed by atoms with Gasteiger partial charge in [0.15, 0.2) is 11.6 Å². The van der Waals surface area contributed by atoms with E-state index >= 15 is 0 Å². The second kappa shape index (κ2) is 5.13. The van der Waals surface area contributed by atoms with Crippen LogP contribution in [-0.4, -0.2) is 23.9 Å². The van der Waals surface area contributed by atoms with Crippen LogP contribution in [0.2, 0.25) is 0 Å². The number of nitrogens with two attached hydrogens (primary N) is 1. The lowest BCUT2D eigenvalue weighted by molar-refractivity contribution is 0.0726. The first-order valence-electron chi connectivity index (χ1n) is 6.18. The molecule has 0 saturated heterocycles. The molecular formula is C13H17F2N3O. The first-order chi connectivity index (χ1) is 8.95. The van der Waals surface area contributed by atoms with Crippen molar-refractivity contribution in [3.8, 4) is 0 Å². The third kappa shape index (κ3) is 2.68. The highest BCUT2D eigenvalue weighted by atomic mass is 19.1. The lowest BCUT2D eigenvalue weighted by Crippen LogP contribution is -2.36. The SMILES string of the molecule is CC(C1CC1)N(C)C(=O)c1cc(F)c(NN)c(F)c1. The standard InChI is InChI=1S/C13H17F2N3O/c1-7(8-3-4-8)18(2)13(19)9-5-10(14)12(17-16)11(15)6-9/h5-8,17H,3-4,16H2,1-2H3. The van der Waals surface area contributed by atoms with Gasteiger partial charge in [-0.25, -0.2) is 8.78 Å². The molecule has 1 unspecified atom stereocenters. The van der Waals surface area contributed by atoms with E-state index in [1.165, 1.54) is 4.90 Å². The van der Waals surface area contributed by atoms with Gasteiger partial charge in [-0.05, 0) is 37.8 Å². The van der Waals surface area contributed by atoms with Gasteiger partial charge in [-0.2, -0.15) is 0 Å². The number of nitrogens with one attached hydrogen (secondary N) is 1. The minimum Gasteiger partial charge on any atom is -0.339 e. The van der Waals surface area contributed by atoms with Gasteiger partial charge in [0.05, 0.1) is 0 Å². The normalized spacial score (nSPS) is 16.1. The van der Waals surface area contributed by atoms with Gasteiger partial charge in [-0.15, -0.1) is 0 Å². The summed E-state index contributed by atoms with van der Waals surface area (Å²) in [5.74, 6) is 3.36. The smallest absolute Gasteiger partial charge is 0.254 e. The Kier molecular flexibility index (Phi) is 3.71. The van der Waals surface area contributed by atoms with Crippen LogP contribution in [0, 0.1) is 17.6 Å². The Bertz CT molecular complexity index is 480. The molecule has 0 aromatic heterocycles. The highest BCUT2D eigenvalue weighted by Gasteiger charge is 2.33. The Balaban J connectivity index is 2.23. The molecular weight excluding hydrogens is 252 g/mol. The lowest BCUT2D eigenvalue weighted by atomic mass is 10.1. The summed E-state index contributed by atoms with van der Waals surface area (Å²) in [6, 6.07) is 2.07. The molecule has 0 aliphatic heterocycles. The number of halogens is 2. The summed E-state index contributed by atoms with van der Waals surface area (Å²) in [6.07, 6.45) is 2.19. The molecule has 0 heterocycles. The van der Waals surface area contributed by atoms with Gasteiger partial charge < -0.3 is 10.3 Å². The van der Waals surface area contributed by atoms with Gasteiger partial charge in [-0.3, -0.25) is 10.6 Å². The number of hydrogen-bond donors (Lipinski definition) is 2. The number of nitrogens with zero attached hydrogens (tertiary/aromatic N) is 1. The van der Waals surface area contributed by atoms with Gasteiger partial charge in [0, 0.05) is 18.7 Å². The summed E-state index contributed by atoms with van der Waals surface area (Å²) in [5, 5.41) is 0. The molecule has 1 aliphatic rings. The summed E-state index contributed by atoms with van der Waals surface area (Å²) in [6.45, 7) is 1.94. The van der Waals surface area contributed by atoms with Crippen LogP contribution in [0.5, 0.6) is 0 Å². The zero-order valence-corrected chi connectivity index (χ0v) is 10.9. The van der Waals surface area contributed by atoms with E-state index in [1.807, 2.05) is 12.3 Å². The molecule has 1 aromatic carbocycles. The van der Waals surface area contributed by atoms with Crippen LogP contribution in [0.15, 0.2) is 12.1 Å². The second-order valence-electron chi connectivity index (χ2n) is 4.95. The summed E-state index contributed by atoms with van der Waals surface area (Å²) in [4.78, 5) is 13.7. The molecule has 1 fully saturated rings. The fourth-order valence-corrected chi connectivity index (χ4v) is 2.12. The fraction of sp³-hybridized carbons (Fsp3) is 0.462. The van der Waals surface area contributed by atoms with E-state index in [2.05, 4.69) is 0 Å².